The first kappa shape index (κ1) is 15.2. The monoisotopic (exact) mass is 260 g/mol. The summed E-state index contributed by atoms with van der Waals surface area (Å²) in [5.41, 5.74) is 1.08. The van der Waals surface area contributed by atoms with Gasteiger partial charge in [0.25, 0.3) is 0 Å². The first-order valence-corrected chi connectivity index (χ1v) is 6.40. The van der Waals surface area contributed by atoms with Gasteiger partial charge < -0.3 is 4.74 Å². The van der Waals surface area contributed by atoms with Gasteiger partial charge in [-0.2, -0.15) is 0 Å². The fourth-order valence-corrected chi connectivity index (χ4v) is 1.71. The van der Waals surface area contributed by atoms with E-state index >= 15 is 0 Å². The molecule has 0 fully saturated rings. The number of ketones is 1. The van der Waals surface area contributed by atoms with Crippen LogP contribution in [0.2, 0.25) is 0 Å². The Morgan fingerprint density at radius 3 is 2.21 bits per heavy atom. The molecule has 0 aromatic heterocycles. The zero-order valence-corrected chi connectivity index (χ0v) is 11.8. The molecule has 0 aliphatic rings. The summed E-state index contributed by atoms with van der Waals surface area (Å²) >= 11 is 0. The number of benzene rings is 1. The lowest BCUT2D eigenvalue weighted by atomic mass is 10.1. The Bertz CT molecular complexity index is 472. The van der Waals surface area contributed by atoms with Crippen molar-refractivity contribution in [3.05, 3.63) is 47.5 Å². The van der Waals surface area contributed by atoms with Gasteiger partial charge >= 0.3 is 5.97 Å². The highest BCUT2D eigenvalue weighted by molar-refractivity contribution is 6.01. The maximum atomic E-state index is 12.0. The topological polar surface area (TPSA) is 43.4 Å². The molecular weight excluding hydrogens is 240 g/mol. The number of rotatable bonds is 5. The van der Waals surface area contributed by atoms with Gasteiger partial charge in [-0.25, -0.2) is 4.79 Å². The number of ether oxygens (including phenoxy) is 1. The molecule has 1 aromatic rings. The van der Waals surface area contributed by atoms with Crippen molar-refractivity contribution in [1.82, 2.24) is 0 Å². The van der Waals surface area contributed by atoms with Crippen LogP contribution in [0.25, 0.3) is 0 Å². The molecule has 0 saturated carbocycles. The molecule has 1 rings (SSSR count). The molecule has 0 aliphatic carbocycles. The molecule has 102 valence electrons. The fraction of sp³-hybridized carbons (Fsp3) is 0.375. The molecule has 0 radical (unpaired) electrons. The third-order valence-electron chi connectivity index (χ3n) is 2.62. The van der Waals surface area contributed by atoms with Crippen LogP contribution in [0.1, 0.15) is 38.1 Å². The summed E-state index contributed by atoms with van der Waals surface area (Å²) in [5, 5.41) is 0. The summed E-state index contributed by atoms with van der Waals surface area (Å²) in [7, 11) is 0. The highest BCUT2D eigenvalue weighted by Gasteiger charge is 2.19. The predicted molar refractivity (Wildman–Crippen MR) is 74.9 cm³/mol. The SMILES string of the molecule is C/C(=C\C(C)C)C(=O)OC(C)C(=O)c1ccccc1. The Labute approximate surface area is 114 Å². The van der Waals surface area contributed by atoms with Gasteiger partial charge in [-0.3, -0.25) is 4.79 Å². The molecule has 0 amide bonds. The molecule has 1 atom stereocenters. The van der Waals surface area contributed by atoms with E-state index in [2.05, 4.69) is 0 Å². The Morgan fingerprint density at radius 1 is 1.11 bits per heavy atom. The zero-order chi connectivity index (χ0) is 14.4. The van der Waals surface area contributed by atoms with Crippen LogP contribution in [0.4, 0.5) is 0 Å². The highest BCUT2D eigenvalue weighted by Crippen LogP contribution is 2.10. The number of carbonyl (C=O) groups is 2. The van der Waals surface area contributed by atoms with Crippen LogP contribution >= 0.6 is 0 Å². The molecule has 19 heavy (non-hydrogen) atoms. The van der Waals surface area contributed by atoms with Crippen molar-refractivity contribution in [2.24, 2.45) is 5.92 Å². The maximum absolute atomic E-state index is 12.0. The van der Waals surface area contributed by atoms with E-state index in [4.69, 9.17) is 4.74 Å². The molecule has 1 aromatic carbocycles. The number of hydrogen-bond acceptors (Lipinski definition) is 3. The van der Waals surface area contributed by atoms with Crippen LogP contribution in [0.5, 0.6) is 0 Å². The van der Waals surface area contributed by atoms with E-state index in [1.165, 1.54) is 0 Å². The smallest absolute Gasteiger partial charge is 0.334 e. The molecule has 0 saturated heterocycles. The summed E-state index contributed by atoms with van der Waals surface area (Å²) < 4.78 is 5.17. The molecule has 0 aliphatic heterocycles. The van der Waals surface area contributed by atoms with Crippen molar-refractivity contribution in [3.63, 3.8) is 0 Å². The van der Waals surface area contributed by atoms with E-state index in [-0.39, 0.29) is 11.7 Å². The van der Waals surface area contributed by atoms with Gasteiger partial charge in [0.05, 0.1) is 0 Å². The Morgan fingerprint density at radius 2 is 1.68 bits per heavy atom. The lowest BCUT2D eigenvalue weighted by Crippen LogP contribution is -2.24. The molecule has 1 unspecified atom stereocenters. The lowest BCUT2D eigenvalue weighted by molar-refractivity contribution is -0.141. The minimum Gasteiger partial charge on any atom is -0.451 e. The van der Waals surface area contributed by atoms with Crippen molar-refractivity contribution >= 4 is 11.8 Å². The number of Topliss-reactive ketones (excluding diaryl/α,β-unsaturated/α-hetero) is 1. The maximum Gasteiger partial charge on any atom is 0.334 e. The molecule has 3 nitrogen and oxygen atoms in total. The van der Waals surface area contributed by atoms with E-state index in [9.17, 15) is 9.59 Å². The molecule has 0 N–H and O–H groups in total. The van der Waals surface area contributed by atoms with Crippen LogP contribution in [-0.2, 0) is 9.53 Å². The van der Waals surface area contributed by atoms with Crippen LogP contribution < -0.4 is 0 Å². The number of esters is 1. The Kier molecular flexibility index (Phi) is 5.49. The van der Waals surface area contributed by atoms with Gasteiger partial charge in [-0.05, 0) is 19.8 Å². The van der Waals surface area contributed by atoms with Crippen LogP contribution in [0.3, 0.4) is 0 Å². The second-order valence-corrected chi connectivity index (χ2v) is 4.87. The van der Waals surface area contributed by atoms with Crippen LogP contribution in [0, 0.1) is 5.92 Å². The summed E-state index contributed by atoms with van der Waals surface area (Å²) in [6.45, 7) is 7.25. The first-order chi connectivity index (χ1) is 8.91. The molecular formula is C16H20O3. The second kappa shape index (κ2) is 6.88. The standard InChI is InChI=1S/C16H20O3/c1-11(2)10-12(3)16(18)19-13(4)15(17)14-8-6-5-7-9-14/h5-11,13H,1-4H3/b12-10+. The van der Waals surface area contributed by atoms with Gasteiger partial charge in [0.2, 0.25) is 5.78 Å². The minimum atomic E-state index is -0.773. The van der Waals surface area contributed by atoms with Gasteiger partial charge in [0.15, 0.2) is 6.10 Å². The summed E-state index contributed by atoms with van der Waals surface area (Å²) in [6, 6.07) is 8.83. The Hall–Kier alpha value is -1.90. The quantitative estimate of drug-likeness (QED) is 0.463. The molecule has 3 heteroatoms. The zero-order valence-electron chi connectivity index (χ0n) is 11.8. The predicted octanol–water partition coefficient (Wildman–Crippen LogP) is 3.40. The fourth-order valence-electron chi connectivity index (χ4n) is 1.71. The van der Waals surface area contributed by atoms with Crippen LogP contribution in [0.15, 0.2) is 42.0 Å². The first-order valence-electron chi connectivity index (χ1n) is 6.40. The number of carbonyl (C=O) groups excluding carboxylic acids is 2. The Balaban J connectivity index is 2.68. The van der Waals surface area contributed by atoms with Crippen molar-refractivity contribution in [3.8, 4) is 0 Å². The van der Waals surface area contributed by atoms with Crippen molar-refractivity contribution in [2.75, 3.05) is 0 Å². The van der Waals surface area contributed by atoms with Gasteiger partial charge in [-0.15, -0.1) is 0 Å². The van der Waals surface area contributed by atoms with Gasteiger partial charge in [0, 0.05) is 11.1 Å². The third-order valence-corrected chi connectivity index (χ3v) is 2.62. The van der Waals surface area contributed by atoms with E-state index < -0.39 is 12.1 Å². The molecule has 0 spiro atoms. The molecule has 0 bridgehead atoms. The summed E-state index contributed by atoms with van der Waals surface area (Å²) in [4.78, 5) is 23.8. The van der Waals surface area contributed by atoms with Crippen molar-refractivity contribution < 1.29 is 14.3 Å². The van der Waals surface area contributed by atoms with E-state index in [1.54, 1.807) is 38.1 Å². The van der Waals surface area contributed by atoms with E-state index in [0.29, 0.717) is 11.1 Å². The molecule has 0 heterocycles. The highest BCUT2D eigenvalue weighted by atomic mass is 16.5. The van der Waals surface area contributed by atoms with E-state index in [0.717, 1.165) is 0 Å². The summed E-state index contributed by atoms with van der Waals surface area (Å²) in [5.74, 6) is -0.357. The van der Waals surface area contributed by atoms with Gasteiger partial charge in [0.1, 0.15) is 0 Å². The average Bonchev–Trinajstić information content (AvgIpc) is 2.37. The van der Waals surface area contributed by atoms with Crippen molar-refractivity contribution in [1.29, 1.82) is 0 Å². The number of allylic oxidation sites excluding steroid dienone is 1. The van der Waals surface area contributed by atoms with E-state index in [1.807, 2.05) is 26.0 Å². The van der Waals surface area contributed by atoms with Crippen LogP contribution in [-0.4, -0.2) is 17.9 Å². The second-order valence-electron chi connectivity index (χ2n) is 4.87. The van der Waals surface area contributed by atoms with Crippen molar-refractivity contribution in [2.45, 2.75) is 33.8 Å². The number of hydrogen-bond donors (Lipinski definition) is 0. The minimum absolute atomic E-state index is 0.189. The van der Waals surface area contributed by atoms with Gasteiger partial charge in [-0.1, -0.05) is 50.3 Å². The average molecular weight is 260 g/mol. The largest absolute Gasteiger partial charge is 0.451 e. The lowest BCUT2D eigenvalue weighted by Gasteiger charge is -2.13. The normalized spacial score (nSPS) is 13.2. The summed E-state index contributed by atoms with van der Waals surface area (Å²) in [6.07, 6.45) is 1.05. The third kappa shape index (κ3) is 4.70.